The van der Waals surface area contributed by atoms with Crippen molar-refractivity contribution in [2.24, 2.45) is 0 Å². The van der Waals surface area contributed by atoms with Crippen LogP contribution in [-0.2, 0) is 0 Å². The Bertz CT molecular complexity index is 85.0. The summed E-state index contributed by atoms with van der Waals surface area (Å²) in [4.78, 5) is 2.11. The molecule has 54 valence electrons. The molecular formula is C7H14FN. The topological polar surface area (TPSA) is 3.24 Å². The number of halogens is 1. The molecule has 1 rings (SSSR count). The molecule has 0 bridgehead atoms. The van der Waals surface area contributed by atoms with E-state index < -0.39 is 0 Å². The standard InChI is InChI=1S/C7H14FN/c1-9-5-3-2-4-7(9)6-8/h7H,2-6H2,1H3. The van der Waals surface area contributed by atoms with Gasteiger partial charge in [0.15, 0.2) is 0 Å². The lowest BCUT2D eigenvalue weighted by atomic mass is 10.0. The van der Waals surface area contributed by atoms with Crippen LogP contribution in [0.2, 0.25) is 0 Å². The third-order valence-electron chi connectivity index (χ3n) is 2.10. The molecule has 0 N–H and O–H groups in total. The molecule has 1 atom stereocenters. The molecule has 0 amide bonds. The van der Waals surface area contributed by atoms with E-state index in [9.17, 15) is 4.39 Å². The minimum Gasteiger partial charge on any atom is -0.301 e. The molecule has 0 aliphatic carbocycles. The van der Waals surface area contributed by atoms with Gasteiger partial charge in [-0.05, 0) is 26.4 Å². The number of likely N-dealkylation sites (tertiary alicyclic amines) is 1. The van der Waals surface area contributed by atoms with E-state index in [1.807, 2.05) is 7.05 Å². The molecule has 0 spiro atoms. The van der Waals surface area contributed by atoms with Gasteiger partial charge in [-0.25, -0.2) is 4.39 Å². The fraction of sp³-hybridized carbons (Fsp3) is 1.00. The predicted molar refractivity (Wildman–Crippen MR) is 36.2 cm³/mol. The SMILES string of the molecule is CN1CCCCC1CF. The van der Waals surface area contributed by atoms with Crippen LogP contribution in [-0.4, -0.2) is 31.2 Å². The van der Waals surface area contributed by atoms with Crippen LogP contribution in [0.1, 0.15) is 19.3 Å². The van der Waals surface area contributed by atoms with Crippen molar-refractivity contribution in [2.45, 2.75) is 25.3 Å². The molecule has 0 aromatic heterocycles. The summed E-state index contributed by atoms with van der Waals surface area (Å²) in [5.41, 5.74) is 0. The van der Waals surface area contributed by atoms with Crippen molar-refractivity contribution in [1.29, 1.82) is 0 Å². The van der Waals surface area contributed by atoms with Gasteiger partial charge in [0.05, 0.1) is 0 Å². The summed E-state index contributed by atoms with van der Waals surface area (Å²) in [6, 6.07) is 0.221. The van der Waals surface area contributed by atoms with E-state index >= 15 is 0 Å². The van der Waals surface area contributed by atoms with Crippen molar-refractivity contribution in [3.63, 3.8) is 0 Å². The van der Waals surface area contributed by atoms with Gasteiger partial charge in [0.2, 0.25) is 0 Å². The highest BCUT2D eigenvalue weighted by atomic mass is 19.1. The number of hydrogen-bond acceptors (Lipinski definition) is 1. The van der Waals surface area contributed by atoms with Crippen LogP contribution < -0.4 is 0 Å². The summed E-state index contributed by atoms with van der Waals surface area (Å²) in [6.45, 7) is 0.908. The van der Waals surface area contributed by atoms with Crippen LogP contribution in [0.15, 0.2) is 0 Å². The molecule has 1 saturated heterocycles. The van der Waals surface area contributed by atoms with Crippen LogP contribution in [0.25, 0.3) is 0 Å². The van der Waals surface area contributed by atoms with Crippen molar-refractivity contribution < 1.29 is 4.39 Å². The lowest BCUT2D eigenvalue weighted by Gasteiger charge is -2.29. The lowest BCUT2D eigenvalue weighted by Crippen LogP contribution is -2.37. The minimum atomic E-state index is -0.170. The third kappa shape index (κ3) is 1.65. The van der Waals surface area contributed by atoms with Crippen LogP contribution in [0.3, 0.4) is 0 Å². The molecular weight excluding hydrogens is 117 g/mol. The van der Waals surface area contributed by atoms with E-state index in [0.29, 0.717) is 0 Å². The average molecular weight is 131 g/mol. The highest BCUT2D eigenvalue weighted by Crippen LogP contribution is 2.14. The smallest absolute Gasteiger partial charge is 0.105 e. The van der Waals surface area contributed by atoms with Gasteiger partial charge in [-0.3, -0.25) is 0 Å². The van der Waals surface area contributed by atoms with Crippen LogP contribution >= 0.6 is 0 Å². The van der Waals surface area contributed by atoms with Crippen molar-refractivity contribution >= 4 is 0 Å². The Morgan fingerprint density at radius 3 is 2.78 bits per heavy atom. The van der Waals surface area contributed by atoms with Gasteiger partial charge in [0.1, 0.15) is 6.67 Å². The molecule has 2 heteroatoms. The van der Waals surface area contributed by atoms with Gasteiger partial charge in [0.25, 0.3) is 0 Å². The first-order valence-electron chi connectivity index (χ1n) is 3.61. The highest BCUT2D eigenvalue weighted by molar-refractivity contribution is 4.72. The van der Waals surface area contributed by atoms with Crippen molar-refractivity contribution in [3.8, 4) is 0 Å². The normalized spacial score (nSPS) is 30.7. The molecule has 1 fully saturated rings. The minimum absolute atomic E-state index is 0.170. The van der Waals surface area contributed by atoms with Crippen LogP contribution in [0.4, 0.5) is 4.39 Å². The second-order valence-electron chi connectivity index (χ2n) is 2.78. The van der Waals surface area contributed by atoms with Gasteiger partial charge >= 0.3 is 0 Å². The summed E-state index contributed by atoms with van der Waals surface area (Å²) in [5, 5.41) is 0. The van der Waals surface area contributed by atoms with Crippen molar-refractivity contribution in [2.75, 3.05) is 20.3 Å². The Morgan fingerprint density at radius 2 is 2.33 bits per heavy atom. The first-order valence-corrected chi connectivity index (χ1v) is 3.61. The lowest BCUT2D eigenvalue weighted by molar-refractivity contribution is 0.155. The van der Waals surface area contributed by atoms with Gasteiger partial charge in [-0.2, -0.15) is 0 Å². The monoisotopic (exact) mass is 131 g/mol. The van der Waals surface area contributed by atoms with E-state index in [0.717, 1.165) is 13.0 Å². The van der Waals surface area contributed by atoms with Crippen molar-refractivity contribution in [1.82, 2.24) is 4.90 Å². The Hall–Kier alpha value is -0.110. The zero-order valence-electron chi connectivity index (χ0n) is 5.94. The molecule has 1 aliphatic rings. The molecule has 1 unspecified atom stereocenters. The van der Waals surface area contributed by atoms with Gasteiger partial charge in [-0.15, -0.1) is 0 Å². The second-order valence-corrected chi connectivity index (χ2v) is 2.78. The maximum Gasteiger partial charge on any atom is 0.105 e. The van der Waals surface area contributed by atoms with E-state index in [2.05, 4.69) is 4.90 Å². The summed E-state index contributed by atoms with van der Waals surface area (Å²) < 4.78 is 12.1. The Labute approximate surface area is 55.8 Å². The maximum absolute atomic E-state index is 12.1. The maximum atomic E-state index is 12.1. The van der Waals surface area contributed by atoms with E-state index in [4.69, 9.17) is 0 Å². The number of rotatable bonds is 1. The summed E-state index contributed by atoms with van der Waals surface area (Å²) in [6.07, 6.45) is 3.50. The van der Waals surface area contributed by atoms with Crippen molar-refractivity contribution in [3.05, 3.63) is 0 Å². The summed E-state index contributed by atoms with van der Waals surface area (Å²) >= 11 is 0. The number of piperidine rings is 1. The zero-order chi connectivity index (χ0) is 6.69. The molecule has 1 aliphatic heterocycles. The zero-order valence-corrected chi connectivity index (χ0v) is 5.94. The number of alkyl halides is 1. The van der Waals surface area contributed by atoms with Gasteiger partial charge < -0.3 is 4.90 Å². The van der Waals surface area contributed by atoms with E-state index in [1.165, 1.54) is 12.8 Å². The largest absolute Gasteiger partial charge is 0.301 e. The Morgan fingerprint density at radius 1 is 1.56 bits per heavy atom. The van der Waals surface area contributed by atoms with E-state index in [1.54, 1.807) is 0 Å². The van der Waals surface area contributed by atoms with Gasteiger partial charge in [0, 0.05) is 6.04 Å². The number of nitrogens with zero attached hydrogens (tertiary/aromatic N) is 1. The average Bonchev–Trinajstić information content (AvgIpc) is 1.89. The summed E-state index contributed by atoms with van der Waals surface area (Å²) in [7, 11) is 2.00. The fourth-order valence-corrected chi connectivity index (χ4v) is 1.34. The molecule has 1 heterocycles. The quantitative estimate of drug-likeness (QED) is 0.520. The van der Waals surface area contributed by atoms with Crippen LogP contribution in [0, 0.1) is 0 Å². The molecule has 9 heavy (non-hydrogen) atoms. The fourth-order valence-electron chi connectivity index (χ4n) is 1.34. The van der Waals surface area contributed by atoms with Crippen LogP contribution in [0.5, 0.6) is 0 Å². The molecule has 0 aromatic carbocycles. The Balaban J connectivity index is 2.30. The number of hydrogen-bond donors (Lipinski definition) is 0. The van der Waals surface area contributed by atoms with E-state index in [-0.39, 0.29) is 12.7 Å². The van der Waals surface area contributed by atoms with Gasteiger partial charge in [-0.1, -0.05) is 6.42 Å². The Kier molecular flexibility index (Phi) is 2.46. The second kappa shape index (κ2) is 3.16. The highest BCUT2D eigenvalue weighted by Gasteiger charge is 2.17. The first kappa shape index (κ1) is 7.00. The molecule has 0 radical (unpaired) electrons. The third-order valence-corrected chi connectivity index (χ3v) is 2.10. The molecule has 0 saturated carbocycles. The first-order chi connectivity index (χ1) is 4.34. The summed E-state index contributed by atoms with van der Waals surface area (Å²) in [5.74, 6) is 0. The molecule has 0 aromatic rings. The predicted octanol–water partition coefficient (Wildman–Crippen LogP) is 1.44. The molecule has 1 nitrogen and oxygen atoms in total.